The largest absolute Gasteiger partial charge is 0.424 e. The van der Waals surface area contributed by atoms with Crippen LogP contribution in [0, 0.1) is 11.3 Å². The summed E-state index contributed by atoms with van der Waals surface area (Å²) in [5, 5.41) is 10.5. The van der Waals surface area contributed by atoms with Gasteiger partial charge in [-0.1, -0.05) is 18.2 Å². The molecule has 3 aromatic rings. The molecule has 25 heavy (non-hydrogen) atoms. The normalized spacial score (nSPS) is 16.4. The molecule has 0 aliphatic carbocycles. The van der Waals surface area contributed by atoms with Gasteiger partial charge in [0, 0.05) is 24.1 Å². The SMILES string of the molecule is Cn1cc(C2C(C#N)=C(N)Oc3[nH]c(=O)[nH]c(=O)c32)c2ccccc21. The highest BCUT2D eigenvalue weighted by molar-refractivity contribution is 5.86. The molecule has 4 rings (SSSR count). The van der Waals surface area contributed by atoms with Crippen LogP contribution in [0.1, 0.15) is 17.0 Å². The van der Waals surface area contributed by atoms with Crippen molar-refractivity contribution in [3.8, 4) is 11.9 Å². The van der Waals surface area contributed by atoms with Gasteiger partial charge in [0.2, 0.25) is 11.8 Å². The van der Waals surface area contributed by atoms with Gasteiger partial charge < -0.3 is 15.0 Å². The second-order valence-corrected chi connectivity index (χ2v) is 5.79. The van der Waals surface area contributed by atoms with E-state index in [0.717, 1.165) is 16.5 Å². The Bertz CT molecular complexity index is 1210. The van der Waals surface area contributed by atoms with Crippen molar-refractivity contribution in [2.45, 2.75) is 5.92 Å². The summed E-state index contributed by atoms with van der Waals surface area (Å²) in [5.41, 5.74) is 6.53. The first kappa shape index (κ1) is 14.8. The Labute approximate surface area is 140 Å². The summed E-state index contributed by atoms with van der Waals surface area (Å²) in [6.45, 7) is 0. The van der Waals surface area contributed by atoms with Gasteiger partial charge in [0.1, 0.15) is 11.6 Å². The van der Waals surface area contributed by atoms with Crippen LogP contribution < -0.4 is 21.7 Å². The monoisotopic (exact) mass is 335 g/mol. The van der Waals surface area contributed by atoms with Gasteiger partial charge in [-0.3, -0.25) is 14.8 Å². The summed E-state index contributed by atoms with van der Waals surface area (Å²) in [6.07, 6.45) is 1.85. The van der Waals surface area contributed by atoms with Crippen molar-refractivity contribution < 1.29 is 4.74 Å². The molecule has 3 heterocycles. The van der Waals surface area contributed by atoms with Gasteiger partial charge in [0.25, 0.3) is 5.56 Å². The van der Waals surface area contributed by atoms with Crippen molar-refractivity contribution in [2.75, 3.05) is 0 Å². The zero-order valence-electron chi connectivity index (χ0n) is 13.2. The Morgan fingerprint density at radius 3 is 2.80 bits per heavy atom. The van der Waals surface area contributed by atoms with E-state index in [1.807, 2.05) is 48.1 Å². The van der Waals surface area contributed by atoms with Crippen molar-refractivity contribution >= 4 is 10.9 Å². The Morgan fingerprint density at radius 2 is 2.04 bits per heavy atom. The van der Waals surface area contributed by atoms with Crippen LogP contribution in [0.2, 0.25) is 0 Å². The number of nitrogens with two attached hydrogens (primary N) is 1. The third-order valence-electron chi connectivity index (χ3n) is 4.36. The van der Waals surface area contributed by atoms with Crippen LogP contribution in [0.5, 0.6) is 5.88 Å². The highest BCUT2D eigenvalue weighted by Gasteiger charge is 2.35. The number of para-hydroxylation sites is 1. The van der Waals surface area contributed by atoms with Gasteiger partial charge in [0.15, 0.2) is 0 Å². The fourth-order valence-corrected chi connectivity index (χ4v) is 3.30. The molecule has 0 fully saturated rings. The number of allylic oxidation sites excluding steroid dienone is 1. The summed E-state index contributed by atoms with van der Waals surface area (Å²) in [4.78, 5) is 28.6. The van der Waals surface area contributed by atoms with Crippen LogP contribution in [0.3, 0.4) is 0 Å². The average Bonchev–Trinajstić information content (AvgIpc) is 2.90. The van der Waals surface area contributed by atoms with Gasteiger partial charge in [-0.25, -0.2) is 4.79 Å². The molecule has 1 aliphatic rings. The summed E-state index contributed by atoms with van der Waals surface area (Å²) >= 11 is 0. The molecule has 1 unspecified atom stereocenters. The Kier molecular flexibility index (Phi) is 3.05. The average molecular weight is 335 g/mol. The van der Waals surface area contributed by atoms with E-state index in [1.54, 1.807) is 0 Å². The number of nitrogens with zero attached hydrogens (tertiary/aromatic N) is 2. The van der Waals surface area contributed by atoms with Crippen molar-refractivity contribution in [3.63, 3.8) is 0 Å². The number of hydrogen-bond acceptors (Lipinski definition) is 5. The highest BCUT2D eigenvalue weighted by atomic mass is 16.5. The fourth-order valence-electron chi connectivity index (χ4n) is 3.30. The van der Waals surface area contributed by atoms with E-state index in [4.69, 9.17) is 10.5 Å². The van der Waals surface area contributed by atoms with E-state index in [2.05, 4.69) is 9.97 Å². The molecule has 124 valence electrons. The number of nitriles is 1. The quantitative estimate of drug-likeness (QED) is 0.605. The Morgan fingerprint density at radius 1 is 1.28 bits per heavy atom. The number of fused-ring (bicyclic) bond motifs is 2. The minimum atomic E-state index is -0.736. The standard InChI is InChI=1S/C17H13N5O3/c1-22-7-10(8-4-2-3-5-11(8)22)12-9(6-18)14(19)25-16-13(12)15(23)20-17(24)21-16/h2-5,7,12H,19H2,1H3,(H2,20,21,23,24). The molecule has 0 saturated heterocycles. The van der Waals surface area contributed by atoms with Crippen LogP contribution in [0.25, 0.3) is 10.9 Å². The number of benzene rings is 1. The van der Waals surface area contributed by atoms with Crippen LogP contribution in [-0.2, 0) is 7.05 Å². The molecule has 8 nitrogen and oxygen atoms in total. The number of H-pyrrole nitrogens is 2. The van der Waals surface area contributed by atoms with Crippen molar-refractivity contribution in [1.82, 2.24) is 14.5 Å². The summed E-state index contributed by atoms with van der Waals surface area (Å²) in [7, 11) is 1.88. The van der Waals surface area contributed by atoms with E-state index in [0.29, 0.717) is 0 Å². The van der Waals surface area contributed by atoms with Crippen molar-refractivity contribution in [1.29, 1.82) is 5.26 Å². The smallest absolute Gasteiger partial charge is 0.328 e. The van der Waals surface area contributed by atoms with Crippen molar-refractivity contribution in [3.05, 3.63) is 73.9 Å². The molecule has 0 amide bonds. The second kappa shape index (κ2) is 5.14. The third-order valence-corrected chi connectivity index (χ3v) is 4.36. The maximum atomic E-state index is 12.4. The van der Waals surface area contributed by atoms with Gasteiger partial charge >= 0.3 is 5.69 Å². The molecule has 4 N–H and O–H groups in total. The number of aromatic amines is 2. The number of nitrogens with one attached hydrogen (secondary N) is 2. The predicted molar refractivity (Wildman–Crippen MR) is 89.9 cm³/mol. The molecule has 8 heteroatoms. The van der Waals surface area contributed by atoms with E-state index in [-0.39, 0.29) is 22.9 Å². The molecule has 1 aliphatic heterocycles. The second-order valence-electron chi connectivity index (χ2n) is 5.79. The van der Waals surface area contributed by atoms with Gasteiger partial charge in [0.05, 0.1) is 11.5 Å². The lowest BCUT2D eigenvalue weighted by Crippen LogP contribution is -2.33. The molecule has 2 aromatic heterocycles. The molecule has 1 aromatic carbocycles. The van der Waals surface area contributed by atoms with Crippen LogP contribution in [0.15, 0.2) is 51.5 Å². The first-order valence-electron chi connectivity index (χ1n) is 7.49. The lowest BCUT2D eigenvalue weighted by atomic mass is 9.85. The molecule has 0 saturated carbocycles. The number of hydrogen-bond donors (Lipinski definition) is 3. The third kappa shape index (κ3) is 2.06. The van der Waals surface area contributed by atoms with E-state index in [1.165, 1.54) is 0 Å². The van der Waals surface area contributed by atoms with Gasteiger partial charge in [-0.05, 0) is 11.6 Å². The lowest BCUT2D eigenvalue weighted by molar-refractivity contribution is 0.373. The molecular weight excluding hydrogens is 322 g/mol. The fraction of sp³-hybridized carbons (Fsp3) is 0.118. The van der Waals surface area contributed by atoms with Crippen molar-refractivity contribution in [2.24, 2.45) is 12.8 Å². The van der Waals surface area contributed by atoms with E-state index >= 15 is 0 Å². The van der Waals surface area contributed by atoms with Crippen LogP contribution in [0.4, 0.5) is 0 Å². The zero-order valence-corrected chi connectivity index (χ0v) is 13.2. The topological polar surface area (TPSA) is 130 Å². The number of ether oxygens (including phenoxy) is 1. The molecule has 1 atom stereocenters. The molecular formula is C17H13N5O3. The van der Waals surface area contributed by atoms with E-state index < -0.39 is 17.2 Å². The molecule has 0 radical (unpaired) electrons. The number of aromatic nitrogens is 3. The minimum Gasteiger partial charge on any atom is -0.424 e. The maximum Gasteiger partial charge on any atom is 0.328 e. The summed E-state index contributed by atoms with van der Waals surface area (Å²) < 4.78 is 7.23. The number of rotatable bonds is 1. The van der Waals surface area contributed by atoms with E-state index in [9.17, 15) is 14.9 Å². The lowest BCUT2D eigenvalue weighted by Gasteiger charge is -2.24. The first-order valence-corrected chi connectivity index (χ1v) is 7.49. The van der Waals surface area contributed by atoms with Gasteiger partial charge in [-0.2, -0.15) is 5.26 Å². The molecule has 0 spiro atoms. The Balaban J connectivity index is 2.11. The highest BCUT2D eigenvalue weighted by Crippen LogP contribution is 2.41. The number of aryl methyl sites for hydroxylation is 1. The van der Waals surface area contributed by atoms with Crippen LogP contribution in [-0.4, -0.2) is 14.5 Å². The first-order chi connectivity index (χ1) is 12.0. The summed E-state index contributed by atoms with van der Waals surface area (Å²) in [5.74, 6) is -0.905. The zero-order chi connectivity index (χ0) is 17.7. The van der Waals surface area contributed by atoms with Gasteiger partial charge in [-0.15, -0.1) is 0 Å². The minimum absolute atomic E-state index is 0.0387. The van der Waals surface area contributed by atoms with Crippen LogP contribution >= 0.6 is 0 Å². The Hall–Kier alpha value is -3.73. The molecule has 0 bridgehead atoms. The maximum absolute atomic E-state index is 12.4. The summed E-state index contributed by atoms with van der Waals surface area (Å²) in [6, 6.07) is 9.67. The predicted octanol–water partition coefficient (Wildman–Crippen LogP) is 0.773.